The van der Waals surface area contributed by atoms with Gasteiger partial charge in [-0.25, -0.2) is 9.67 Å². The molecule has 1 unspecified atom stereocenters. The summed E-state index contributed by atoms with van der Waals surface area (Å²) in [5.74, 6) is -0.00822. The molecule has 3 N–H and O–H groups in total. The molecule has 0 spiro atoms. The minimum absolute atomic E-state index is 0.184. The van der Waals surface area contributed by atoms with Gasteiger partial charge in [-0.1, -0.05) is 31.4 Å². The molecule has 0 aliphatic heterocycles. The predicted octanol–water partition coefficient (Wildman–Crippen LogP) is 4.39. The number of fused-ring (bicyclic) bond motifs is 1. The van der Waals surface area contributed by atoms with Crippen LogP contribution in [-0.4, -0.2) is 31.8 Å². The largest absolute Gasteiger partial charge is 0.508 e. The smallest absolute Gasteiger partial charge is 0.255 e. The molecule has 1 saturated carbocycles. The summed E-state index contributed by atoms with van der Waals surface area (Å²) in [5, 5.41) is 21.7. The number of rotatable bonds is 6. The molecule has 158 valence electrons. The Bertz CT molecular complexity index is 1040. The lowest BCUT2D eigenvalue weighted by Gasteiger charge is -2.25. The van der Waals surface area contributed by atoms with Crippen molar-refractivity contribution in [3.63, 3.8) is 0 Å². The molecule has 3 aromatic rings. The molecule has 1 atom stereocenters. The van der Waals surface area contributed by atoms with Crippen LogP contribution in [0.3, 0.4) is 0 Å². The molecule has 4 rings (SSSR count). The fourth-order valence-electron chi connectivity index (χ4n) is 4.19. The summed E-state index contributed by atoms with van der Waals surface area (Å²) in [7, 11) is 0. The molecule has 2 heterocycles. The van der Waals surface area contributed by atoms with Gasteiger partial charge in [-0.05, 0) is 44.4 Å². The molecule has 2 aromatic heterocycles. The van der Waals surface area contributed by atoms with E-state index in [2.05, 4.69) is 20.7 Å². The Morgan fingerprint density at radius 1 is 1.27 bits per heavy atom. The molecule has 0 radical (unpaired) electrons. The second-order valence-electron chi connectivity index (χ2n) is 8.01. The third-order valence-corrected chi connectivity index (χ3v) is 5.88. The van der Waals surface area contributed by atoms with Gasteiger partial charge >= 0.3 is 0 Å². The lowest BCUT2D eigenvalue weighted by molar-refractivity contribution is 0.0940. The first kappa shape index (κ1) is 20.2. The van der Waals surface area contributed by atoms with E-state index in [1.165, 1.54) is 19.3 Å². The average Bonchev–Trinajstić information content (AvgIpc) is 3.18. The maximum absolute atomic E-state index is 13.2. The van der Waals surface area contributed by atoms with Gasteiger partial charge in [0.1, 0.15) is 5.75 Å². The summed E-state index contributed by atoms with van der Waals surface area (Å²) in [6.45, 7) is 4.65. The number of nitrogens with zero attached hydrogens (tertiary/aromatic N) is 3. The van der Waals surface area contributed by atoms with Crippen LogP contribution in [0, 0.1) is 0 Å². The summed E-state index contributed by atoms with van der Waals surface area (Å²) >= 11 is 0. The van der Waals surface area contributed by atoms with Gasteiger partial charge in [0.25, 0.3) is 5.91 Å². The molecule has 0 bridgehead atoms. The van der Waals surface area contributed by atoms with Crippen LogP contribution in [0.5, 0.6) is 5.75 Å². The van der Waals surface area contributed by atoms with Crippen molar-refractivity contribution in [2.75, 3.05) is 5.32 Å². The molecule has 7 heteroatoms. The lowest BCUT2D eigenvalue weighted by atomic mass is 9.95. The maximum Gasteiger partial charge on any atom is 0.255 e. The Hall–Kier alpha value is -3.09. The van der Waals surface area contributed by atoms with Gasteiger partial charge < -0.3 is 15.7 Å². The number of aromatic hydroxyl groups is 1. The molecule has 0 saturated heterocycles. The summed E-state index contributed by atoms with van der Waals surface area (Å²) in [6.07, 6.45) is 9.33. The van der Waals surface area contributed by atoms with Crippen LogP contribution >= 0.6 is 0 Å². The zero-order valence-corrected chi connectivity index (χ0v) is 17.6. The number of phenols is 1. The quantitative estimate of drug-likeness (QED) is 0.563. The number of hydrogen-bond acceptors (Lipinski definition) is 5. The van der Waals surface area contributed by atoms with Crippen molar-refractivity contribution in [2.45, 2.75) is 64.6 Å². The molecule has 30 heavy (non-hydrogen) atoms. The third-order valence-electron chi connectivity index (χ3n) is 5.88. The summed E-state index contributed by atoms with van der Waals surface area (Å²) < 4.78 is 1.85. The number of pyridine rings is 1. The molecular weight excluding hydrogens is 378 g/mol. The number of benzene rings is 1. The van der Waals surface area contributed by atoms with Crippen LogP contribution < -0.4 is 10.6 Å². The highest BCUT2D eigenvalue weighted by Crippen LogP contribution is 2.30. The zero-order chi connectivity index (χ0) is 21.1. The molecule has 7 nitrogen and oxygen atoms in total. The van der Waals surface area contributed by atoms with E-state index in [1.807, 2.05) is 24.6 Å². The van der Waals surface area contributed by atoms with Crippen molar-refractivity contribution in [1.29, 1.82) is 0 Å². The Labute approximate surface area is 176 Å². The Balaban J connectivity index is 1.66. The number of nitrogens with one attached hydrogen (secondary N) is 2. The number of carbonyl (C=O) groups is 1. The van der Waals surface area contributed by atoms with E-state index in [9.17, 15) is 9.90 Å². The number of phenolic OH excluding ortho intramolecular Hbond substituents is 1. The van der Waals surface area contributed by atoms with E-state index < -0.39 is 0 Å². The highest BCUT2D eigenvalue weighted by Gasteiger charge is 2.23. The van der Waals surface area contributed by atoms with Gasteiger partial charge in [0.2, 0.25) is 0 Å². The molecule has 1 aliphatic rings. The summed E-state index contributed by atoms with van der Waals surface area (Å²) in [6, 6.07) is 7.05. The summed E-state index contributed by atoms with van der Waals surface area (Å²) in [4.78, 5) is 17.8. The molecule has 1 fully saturated rings. The number of carbonyl (C=O) groups excluding carboxylic acids is 1. The third kappa shape index (κ3) is 4.10. The fraction of sp³-hybridized carbons (Fsp3) is 0.435. The van der Waals surface area contributed by atoms with Crippen LogP contribution in [0.25, 0.3) is 11.0 Å². The van der Waals surface area contributed by atoms with E-state index in [0.29, 0.717) is 11.6 Å². The first-order valence-electron chi connectivity index (χ1n) is 10.8. The van der Waals surface area contributed by atoms with Gasteiger partial charge in [-0.15, -0.1) is 0 Å². The second kappa shape index (κ2) is 8.73. The van der Waals surface area contributed by atoms with Gasteiger partial charge in [0, 0.05) is 18.8 Å². The van der Waals surface area contributed by atoms with Gasteiger partial charge in [-0.2, -0.15) is 5.10 Å². The van der Waals surface area contributed by atoms with Crippen molar-refractivity contribution < 1.29 is 9.90 Å². The molecule has 1 amide bonds. The second-order valence-corrected chi connectivity index (χ2v) is 8.01. The molecule has 1 aliphatic carbocycles. The number of anilines is 1. The fourth-order valence-corrected chi connectivity index (χ4v) is 4.19. The monoisotopic (exact) mass is 407 g/mol. The number of aryl methyl sites for hydroxylation is 1. The average molecular weight is 408 g/mol. The van der Waals surface area contributed by atoms with Gasteiger partial charge in [0.05, 0.1) is 28.9 Å². The first-order valence-corrected chi connectivity index (χ1v) is 10.8. The van der Waals surface area contributed by atoms with E-state index in [1.54, 1.807) is 30.6 Å². The van der Waals surface area contributed by atoms with Crippen LogP contribution in [0.2, 0.25) is 0 Å². The topological polar surface area (TPSA) is 92.1 Å². The maximum atomic E-state index is 13.2. The number of aromatic nitrogens is 3. The van der Waals surface area contributed by atoms with Crippen molar-refractivity contribution in [2.24, 2.45) is 0 Å². The van der Waals surface area contributed by atoms with Crippen LogP contribution in [0.4, 0.5) is 5.69 Å². The Kier molecular flexibility index (Phi) is 5.88. The molecular formula is C23H29N5O2. The van der Waals surface area contributed by atoms with Crippen LogP contribution in [-0.2, 0) is 6.54 Å². The van der Waals surface area contributed by atoms with Crippen LogP contribution in [0.15, 0.2) is 36.7 Å². The standard InChI is InChI=1S/C23H29N5O2/c1-3-28-22-19(14-25-28)21(27-17-9-5-4-6-10-17)20(13-24-22)23(30)26-15(2)16-8-7-11-18(29)12-16/h7-8,11-15,17,29H,3-6,9-10H2,1-2H3,(H,24,27)(H,26,30). The van der Waals surface area contributed by atoms with E-state index >= 15 is 0 Å². The summed E-state index contributed by atoms with van der Waals surface area (Å²) in [5.41, 5.74) is 2.97. The van der Waals surface area contributed by atoms with Crippen molar-refractivity contribution in [3.05, 3.63) is 47.8 Å². The van der Waals surface area contributed by atoms with Gasteiger partial charge in [0.15, 0.2) is 5.65 Å². The zero-order valence-electron chi connectivity index (χ0n) is 17.6. The minimum Gasteiger partial charge on any atom is -0.508 e. The number of amides is 1. The van der Waals surface area contributed by atoms with Crippen molar-refractivity contribution in [3.8, 4) is 5.75 Å². The Morgan fingerprint density at radius 2 is 2.07 bits per heavy atom. The van der Waals surface area contributed by atoms with E-state index in [4.69, 9.17) is 0 Å². The minimum atomic E-state index is -0.249. The van der Waals surface area contributed by atoms with Crippen molar-refractivity contribution in [1.82, 2.24) is 20.1 Å². The van der Waals surface area contributed by atoms with Crippen molar-refractivity contribution >= 4 is 22.6 Å². The molecule has 1 aromatic carbocycles. The first-order chi connectivity index (χ1) is 14.6. The van der Waals surface area contributed by atoms with Gasteiger partial charge in [-0.3, -0.25) is 4.79 Å². The van der Waals surface area contributed by atoms with E-state index in [-0.39, 0.29) is 17.7 Å². The highest BCUT2D eigenvalue weighted by molar-refractivity contribution is 6.06. The van der Waals surface area contributed by atoms with E-state index in [0.717, 1.165) is 41.7 Å². The Morgan fingerprint density at radius 3 is 2.80 bits per heavy atom. The normalized spacial score (nSPS) is 15.8. The predicted molar refractivity (Wildman–Crippen MR) is 118 cm³/mol. The SMILES string of the molecule is CCn1ncc2c(NC3CCCCC3)c(C(=O)NC(C)c3cccc(O)c3)cnc21. The number of hydrogen-bond donors (Lipinski definition) is 3. The highest BCUT2D eigenvalue weighted by atomic mass is 16.3. The van der Waals surface area contributed by atoms with Crippen LogP contribution in [0.1, 0.15) is 67.9 Å². The lowest BCUT2D eigenvalue weighted by Crippen LogP contribution is -2.29.